The van der Waals surface area contributed by atoms with Crippen LogP contribution in [0.3, 0.4) is 0 Å². The molecule has 0 saturated heterocycles. The molecule has 0 aliphatic heterocycles. The molecule has 0 spiro atoms. The maximum atomic E-state index is 11.4. The van der Waals surface area contributed by atoms with Crippen LogP contribution in [0.25, 0.3) is 0 Å². The Kier molecular flexibility index (Phi) is 1.23. The number of carbonyl (C=O) groups is 1. The molecule has 5 aliphatic carbocycles. The van der Waals surface area contributed by atoms with Crippen molar-refractivity contribution in [3.8, 4) is 0 Å². The lowest BCUT2D eigenvalue weighted by Gasteiger charge is -2.60. The van der Waals surface area contributed by atoms with Gasteiger partial charge in [0.2, 0.25) is 0 Å². The zero-order chi connectivity index (χ0) is 9.22. The Bertz CT molecular complexity index is 302. The third-order valence-electron chi connectivity index (χ3n) is 4.19. The highest BCUT2D eigenvalue weighted by Gasteiger charge is 2.58. The molecule has 0 aromatic heterocycles. The molecule has 0 aromatic carbocycles. The van der Waals surface area contributed by atoms with E-state index in [4.69, 9.17) is 5.73 Å². The molecule has 2 unspecified atom stereocenters. The molecule has 2 heteroatoms. The summed E-state index contributed by atoms with van der Waals surface area (Å²) in [5.74, 6) is 1.74. The number of carbonyl (C=O) groups excluding carboxylic acids is 1. The van der Waals surface area contributed by atoms with Crippen molar-refractivity contribution in [3.63, 3.8) is 0 Å². The maximum Gasteiger partial charge on any atom is 0.134 e. The van der Waals surface area contributed by atoms with E-state index in [0.29, 0.717) is 23.5 Å². The first-order valence-corrected chi connectivity index (χ1v) is 5.10. The van der Waals surface area contributed by atoms with Crippen LogP contribution in [0.1, 0.15) is 26.2 Å². The average molecular weight is 177 g/mol. The van der Waals surface area contributed by atoms with Crippen LogP contribution in [0.5, 0.6) is 0 Å². The van der Waals surface area contributed by atoms with Gasteiger partial charge in [-0.1, -0.05) is 11.6 Å². The topological polar surface area (TPSA) is 43.1 Å². The average Bonchev–Trinajstić information content (AvgIpc) is 2.02. The predicted octanol–water partition coefficient (Wildman–Crippen LogP) is 1.26. The molecule has 2 nitrogen and oxygen atoms in total. The van der Waals surface area contributed by atoms with E-state index in [9.17, 15) is 4.79 Å². The van der Waals surface area contributed by atoms with Crippen LogP contribution in [-0.2, 0) is 4.79 Å². The molecule has 3 fully saturated rings. The van der Waals surface area contributed by atoms with Gasteiger partial charge in [0, 0.05) is 11.5 Å². The normalized spacial score (nSPS) is 51.2. The van der Waals surface area contributed by atoms with E-state index in [-0.39, 0.29) is 5.54 Å². The van der Waals surface area contributed by atoms with E-state index >= 15 is 0 Å². The summed E-state index contributed by atoms with van der Waals surface area (Å²) in [6, 6.07) is 0. The fourth-order valence-electron chi connectivity index (χ4n) is 3.66. The molecule has 0 heterocycles. The Morgan fingerprint density at radius 2 is 2.15 bits per heavy atom. The molecule has 2 N–H and O–H groups in total. The Morgan fingerprint density at radius 1 is 1.54 bits per heavy atom. The monoisotopic (exact) mass is 177 g/mol. The van der Waals surface area contributed by atoms with E-state index in [1.807, 2.05) is 0 Å². The molecule has 4 bridgehead atoms. The SMILES string of the molecule is CC(=O)C1C2CC3(N)CC=C2C1C3. The van der Waals surface area contributed by atoms with Crippen molar-refractivity contribution < 1.29 is 4.79 Å². The minimum atomic E-state index is 0.0447. The first-order valence-electron chi connectivity index (χ1n) is 5.10. The molecule has 5 aliphatic rings. The second kappa shape index (κ2) is 2.06. The van der Waals surface area contributed by atoms with Crippen molar-refractivity contribution in [1.29, 1.82) is 0 Å². The lowest BCUT2D eigenvalue weighted by atomic mass is 9.45. The van der Waals surface area contributed by atoms with E-state index < -0.39 is 0 Å². The van der Waals surface area contributed by atoms with Crippen LogP contribution >= 0.6 is 0 Å². The van der Waals surface area contributed by atoms with Crippen LogP contribution in [0.4, 0.5) is 0 Å². The van der Waals surface area contributed by atoms with Crippen molar-refractivity contribution >= 4 is 5.78 Å². The lowest BCUT2D eigenvalue weighted by Crippen LogP contribution is -2.62. The van der Waals surface area contributed by atoms with Crippen molar-refractivity contribution in [3.05, 3.63) is 11.6 Å². The smallest absolute Gasteiger partial charge is 0.134 e. The molecule has 0 aromatic rings. The molecular weight excluding hydrogens is 162 g/mol. The Hall–Kier alpha value is -0.630. The van der Waals surface area contributed by atoms with E-state index in [0.717, 1.165) is 19.3 Å². The zero-order valence-corrected chi connectivity index (χ0v) is 7.92. The summed E-state index contributed by atoms with van der Waals surface area (Å²) >= 11 is 0. The number of hydrogen-bond donors (Lipinski definition) is 1. The number of ketones is 1. The fraction of sp³-hybridized carbons (Fsp3) is 0.727. The van der Waals surface area contributed by atoms with Crippen LogP contribution in [0.2, 0.25) is 0 Å². The number of nitrogens with two attached hydrogens (primary N) is 1. The number of hydrogen-bond acceptors (Lipinski definition) is 2. The summed E-state index contributed by atoms with van der Waals surface area (Å²) < 4.78 is 0. The van der Waals surface area contributed by atoms with Gasteiger partial charge in [0.25, 0.3) is 0 Å². The highest BCUT2D eigenvalue weighted by atomic mass is 16.1. The quantitative estimate of drug-likeness (QED) is 0.613. The van der Waals surface area contributed by atoms with Gasteiger partial charge in [-0.3, -0.25) is 4.79 Å². The number of Topliss-reactive ketones (excluding diaryl/α,β-unsaturated/α-hetero) is 1. The van der Waals surface area contributed by atoms with Crippen LogP contribution in [-0.4, -0.2) is 11.3 Å². The van der Waals surface area contributed by atoms with Crippen LogP contribution in [0, 0.1) is 17.8 Å². The van der Waals surface area contributed by atoms with Gasteiger partial charge >= 0.3 is 0 Å². The molecule has 13 heavy (non-hydrogen) atoms. The summed E-state index contributed by atoms with van der Waals surface area (Å²) in [4.78, 5) is 11.4. The third kappa shape index (κ3) is 0.798. The second-order valence-corrected chi connectivity index (χ2v) is 5.03. The summed E-state index contributed by atoms with van der Waals surface area (Å²) in [7, 11) is 0. The number of rotatable bonds is 1. The minimum absolute atomic E-state index is 0.0447. The highest BCUT2D eigenvalue weighted by Crippen LogP contribution is 2.61. The minimum Gasteiger partial charge on any atom is -0.325 e. The largest absolute Gasteiger partial charge is 0.325 e. The Morgan fingerprint density at radius 3 is 2.62 bits per heavy atom. The van der Waals surface area contributed by atoms with Gasteiger partial charge in [-0.15, -0.1) is 0 Å². The van der Waals surface area contributed by atoms with Gasteiger partial charge in [-0.05, 0) is 38.0 Å². The Balaban J connectivity index is 1.97. The Labute approximate surface area is 78.2 Å². The van der Waals surface area contributed by atoms with E-state index in [1.54, 1.807) is 12.5 Å². The van der Waals surface area contributed by atoms with Crippen molar-refractivity contribution in [2.24, 2.45) is 23.5 Å². The summed E-state index contributed by atoms with van der Waals surface area (Å²) in [6.45, 7) is 1.73. The van der Waals surface area contributed by atoms with Gasteiger partial charge < -0.3 is 5.73 Å². The third-order valence-corrected chi connectivity index (χ3v) is 4.19. The molecule has 3 saturated carbocycles. The molecule has 0 amide bonds. The molecule has 2 atom stereocenters. The first kappa shape index (κ1) is 7.74. The predicted molar refractivity (Wildman–Crippen MR) is 50.0 cm³/mol. The summed E-state index contributed by atoms with van der Waals surface area (Å²) in [5.41, 5.74) is 7.82. The maximum absolute atomic E-state index is 11.4. The van der Waals surface area contributed by atoms with Crippen molar-refractivity contribution in [2.45, 2.75) is 31.7 Å². The lowest BCUT2D eigenvalue weighted by molar-refractivity contribution is -0.130. The number of allylic oxidation sites excluding steroid dienone is 1. The van der Waals surface area contributed by atoms with Crippen LogP contribution in [0.15, 0.2) is 11.6 Å². The standard InChI is InChI=1S/C11H15NO/c1-6(13)10-8-4-11(12)3-2-7(8)9(10)5-11/h2,8-10H,3-5,12H2,1H3. The fourth-order valence-corrected chi connectivity index (χ4v) is 3.66. The summed E-state index contributed by atoms with van der Waals surface area (Å²) in [5, 5.41) is 0. The molecular formula is C11H15NO. The van der Waals surface area contributed by atoms with Crippen molar-refractivity contribution in [1.82, 2.24) is 0 Å². The van der Waals surface area contributed by atoms with Gasteiger partial charge in [0.15, 0.2) is 0 Å². The van der Waals surface area contributed by atoms with Gasteiger partial charge in [0.1, 0.15) is 5.78 Å². The molecule has 0 radical (unpaired) electrons. The van der Waals surface area contributed by atoms with Crippen LogP contribution < -0.4 is 5.73 Å². The molecule has 70 valence electrons. The van der Waals surface area contributed by atoms with Gasteiger partial charge in [-0.2, -0.15) is 0 Å². The second-order valence-electron chi connectivity index (χ2n) is 5.03. The summed E-state index contributed by atoms with van der Waals surface area (Å²) in [6.07, 6.45) is 5.45. The highest BCUT2D eigenvalue weighted by molar-refractivity contribution is 5.82. The van der Waals surface area contributed by atoms with Crippen molar-refractivity contribution in [2.75, 3.05) is 0 Å². The molecule has 5 rings (SSSR count). The van der Waals surface area contributed by atoms with E-state index in [1.165, 1.54) is 0 Å². The first-order chi connectivity index (χ1) is 6.11. The van der Waals surface area contributed by atoms with Gasteiger partial charge in [0.05, 0.1) is 0 Å². The number of fused-ring (bicyclic) bond motifs is 1. The van der Waals surface area contributed by atoms with E-state index in [2.05, 4.69) is 6.08 Å². The zero-order valence-electron chi connectivity index (χ0n) is 7.92. The van der Waals surface area contributed by atoms with Gasteiger partial charge in [-0.25, -0.2) is 0 Å².